The smallest absolute Gasteiger partial charge is 0.110 e. The maximum absolute atomic E-state index is 5.49. The van der Waals surface area contributed by atoms with Crippen molar-refractivity contribution in [3.63, 3.8) is 0 Å². The second-order valence-electron chi connectivity index (χ2n) is 5.79. The summed E-state index contributed by atoms with van der Waals surface area (Å²) < 4.78 is 5.18. The fraction of sp³-hybridized carbons (Fsp3) is 0.444. The predicted octanol–water partition coefficient (Wildman–Crippen LogP) is 5.54. The molecule has 1 N–H and O–H groups in total. The third-order valence-electron chi connectivity index (χ3n) is 3.07. The van der Waals surface area contributed by atoms with E-state index in [-0.39, 0.29) is 8.16 Å². The van der Waals surface area contributed by atoms with Crippen LogP contribution >= 0.6 is 19.4 Å². The van der Waals surface area contributed by atoms with Crippen LogP contribution in [-0.4, -0.2) is 18.7 Å². The van der Waals surface area contributed by atoms with Crippen molar-refractivity contribution in [2.24, 2.45) is 0 Å². The minimum atomic E-state index is 0.0587. The maximum Gasteiger partial charge on any atom is 0.110 e. The summed E-state index contributed by atoms with van der Waals surface area (Å²) in [5.41, 5.74) is 1.32. The fourth-order valence-electron chi connectivity index (χ4n) is 2.38. The standard InChI is InChI=1S/C12H12ClOP.C6H15N/c13-15-14-9-8-11-6-3-5-10-4-1-2-7-12(10)11;1-5(2)7-6(3)4/h1-7,15H,8-9H2;5-7H,1-4H3. The highest BCUT2D eigenvalue weighted by molar-refractivity contribution is 7.64. The Hall–Kier alpha value is -0.660. The number of fused-ring (bicyclic) bond motifs is 1. The van der Waals surface area contributed by atoms with Crippen LogP contribution in [0.25, 0.3) is 10.8 Å². The number of halogens is 1. The second kappa shape index (κ2) is 11.0. The summed E-state index contributed by atoms with van der Waals surface area (Å²) in [5, 5.41) is 5.89. The zero-order valence-corrected chi connectivity index (χ0v) is 15.7. The number of benzene rings is 2. The van der Waals surface area contributed by atoms with E-state index in [4.69, 9.17) is 15.8 Å². The first-order valence-corrected chi connectivity index (χ1v) is 9.66. The van der Waals surface area contributed by atoms with Crippen molar-refractivity contribution in [3.8, 4) is 0 Å². The molecule has 1 atom stereocenters. The third-order valence-corrected chi connectivity index (χ3v) is 3.72. The fourth-order valence-corrected chi connectivity index (χ4v) is 2.79. The highest BCUT2D eigenvalue weighted by Gasteiger charge is 1.99. The van der Waals surface area contributed by atoms with E-state index in [9.17, 15) is 0 Å². The summed E-state index contributed by atoms with van der Waals surface area (Å²) in [6.07, 6.45) is 0.918. The average molecular weight is 340 g/mol. The molecule has 0 radical (unpaired) electrons. The van der Waals surface area contributed by atoms with Crippen molar-refractivity contribution in [1.29, 1.82) is 0 Å². The first-order chi connectivity index (χ1) is 10.5. The average Bonchev–Trinajstić information content (AvgIpc) is 2.47. The zero-order chi connectivity index (χ0) is 16.4. The van der Waals surface area contributed by atoms with Gasteiger partial charge >= 0.3 is 0 Å². The lowest BCUT2D eigenvalue weighted by Gasteiger charge is -2.10. The zero-order valence-electron chi connectivity index (χ0n) is 13.9. The van der Waals surface area contributed by atoms with Crippen LogP contribution in [0.3, 0.4) is 0 Å². The van der Waals surface area contributed by atoms with Gasteiger partial charge in [0, 0.05) is 12.1 Å². The molecular weight excluding hydrogens is 313 g/mol. The van der Waals surface area contributed by atoms with Crippen LogP contribution in [0.5, 0.6) is 0 Å². The van der Waals surface area contributed by atoms with Gasteiger partial charge in [0.1, 0.15) is 8.16 Å². The topological polar surface area (TPSA) is 21.3 Å². The quantitative estimate of drug-likeness (QED) is 0.551. The van der Waals surface area contributed by atoms with Crippen molar-refractivity contribution < 1.29 is 4.52 Å². The van der Waals surface area contributed by atoms with Crippen molar-refractivity contribution in [3.05, 3.63) is 48.0 Å². The lowest BCUT2D eigenvalue weighted by atomic mass is 10.0. The number of hydrogen-bond donors (Lipinski definition) is 1. The first kappa shape index (κ1) is 19.4. The molecule has 2 nitrogen and oxygen atoms in total. The lowest BCUT2D eigenvalue weighted by molar-refractivity contribution is 0.375. The minimum absolute atomic E-state index is 0.0587. The largest absolute Gasteiger partial charge is 0.346 e. The molecule has 0 spiro atoms. The van der Waals surface area contributed by atoms with Crippen LogP contribution < -0.4 is 5.32 Å². The van der Waals surface area contributed by atoms with Crippen LogP contribution in [-0.2, 0) is 10.9 Å². The molecule has 0 aliphatic carbocycles. The molecule has 2 aromatic rings. The molecule has 122 valence electrons. The van der Waals surface area contributed by atoms with E-state index < -0.39 is 0 Å². The molecular formula is C18H27ClNOP. The highest BCUT2D eigenvalue weighted by atomic mass is 35.7. The van der Waals surface area contributed by atoms with Gasteiger partial charge in [-0.05, 0) is 22.8 Å². The molecule has 0 saturated carbocycles. The molecule has 0 heterocycles. The monoisotopic (exact) mass is 339 g/mol. The number of hydrogen-bond acceptors (Lipinski definition) is 2. The van der Waals surface area contributed by atoms with Crippen molar-refractivity contribution in [2.75, 3.05) is 6.61 Å². The van der Waals surface area contributed by atoms with Gasteiger partial charge in [-0.1, -0.05) is 81.4 Å². The van der Waals surface area contributed by atoms with Gasteiger partial charge in [0.25, 0.3) is 0 Å². The Morgan fingerprint density at radius 1 is 1.00 bits per heavy atom. The van der Waals surface area contributed by atoms with Gasteiger partial charge in [-0.25, -0.2) is 0 Å². The summed E-state index contributed by atoms with van der Waals surface area (Å²) in [6, 6.07) is 16.0. The summed E-state index contributed by atoms with van der Waals surface area (Å²) in [6.45, 7) is 9.30. The van der Waals surface area contributed by atoms with Crippen LogP contribution in [0.4, 0.5) is 0 Å². The molecule has 0 aliphatic rings. The lowest BCUT2D eigenvalue weighted by Crippen LogP contribution is -2.29. The Bertz CT molecular complexity index is 534. The van der Waals surface area contributed by atoms with E-state index in [0.717, 1.165) is 6.42 Å². The van der Waals surface area contributed by atoms with Gasteiger partial charge < -0.3 is 9.84 Å². The van der Waals surface area contributed by atoms with E-state index in [2.05, 4.69) is 75.5 Å². The molecule has 0 bridgehead atoms. The number of rotatable bonds is 6. The highest BCUT2D eigenvalue weighted by Crippen LogP contribution is 2.21. The molecule has 1 unspecified atom stereocenters. The molecule has 0 saturated heterocycles. The molecule has 2 aromatic carbocycles. The van der Waals surface area contributed by atoms with E-state index in [0.29, 0.717) is 18.7 Å². The molecule has 0 amide bonds. The van der Waals surface area contributed by atoms with Crippen LogP contribution in [0.1, 0.15) is 33.3 Å². The van der Waals surface area contributed by atoms with E-state index in [1.54, 1.807) is 0 Å². The Morgan fingerprint density at radius 3 is 2.23 bits per heavy atom. The van der Waals surface area contributed by atoms with Gasteiger partial charge in [0.05, 0.1) is 6.61 Å². The normalized spacial score (nSPS) is 11.4. The van der Waals surface area contributed by atoms with Crippen molar-refractivity contribution in [1.82, 2.24) is 5.32 Å². The Labute approximate surface area is 141 Å². The molecule has 4 heteroatoms. The van der Waals surface area contributed by atoms with Crippen molar-refractivity contribution >= 4 is 30.2 Å². The minimum Gasteiger partial charge on any atom is -0.346 e. The molecule has 2 rings (SSSR count). The maximum atomic E-state index is 5.49. The Morgan fingerprint density at radius 2 is 1.64 bits per heavy atom. The van der Waals surface area contributed by atoms with Crippen LogP contribution in [0.15, 0.2) is 42.5 Å². The van der Waals surface area contributed by atoms with Crippen LogP contribution in [0, 0.1) is 0 Å². The SMILES string of the molecule is CC(C)NC(C)C.ClPOCCc1cccc2ccccc12. The summed E-state index contributed by atoms with van der Waals surface area (Å²) in [5.74, 6) is 0. The molecule has 22 heavy (non-hydrogen) atoms. The predicted molar refractivity (Wildman–Crippen MR) is 101 cm³/mol. The molecule has 0 aromatic heterocycles. The molecule has 0 fully saturated rings. The van der Waals surface area contributed by atoms with Gasteiger partial charge in [0.15, 0.2) is 0 Å². The van der Waals surface area contributed by atoms with Crippen LogP contribution in [0.2, 0.25) is 0 Å². The number of nitrogens with one attached hydrogen (secondary N) is 1. The Kier molecular flexibility index (Phi) is 9.66. The summed E-state index contributed by atoms with van der Waals surface area (Å²) in [7, 11) is 0.0587. The van der Waals surface area contributed by atoms with Gasteiger partial charge in [-0.3, -0.25) is 0 Å². The van der Waals surface area contributed by atoms with E-state index in [1.807, 2.05) is 0 Å². The van der Waals surface area contributed by atoms with Gasteiger partial charge in [0.2, 0.25) is 0 Å². The second-order valence-corrected chi connectivity index (χ2v) is 6.70. The van der Waals surface area contributed by atoms with Gasteiger partial charge in [-0.2, -0.15) is 0 Å². The third kappa shape index (κ3) is 7.56. The van der Waals surface area contributed by atoms with Gasteiger partial charge in [-0.15, -0.1) is 0 Å². The summed E-state index contributed by atoms with van der Waals surface area (Å²) >= 11 is 5.49. The first-order valence-electron chi connectivity index (χ1n) is 7.74. The van der Waals surface area contributed by atoms with Crippen molar-refractivity contribution in [2.45, 2.75) is 46.2 Å². The Balaban J connectivity index is 0.000000295. The van der Waals surface area contributed by atoms with E-state index >= 15 is 0 Å². The molecule has 0 aliphatic heterocycles. The summed E-state index contributed by atoms with van der Waals surface area (Å²) in [4.78, 5) is 0. The van der Waals surface area contributed by atoms with E-state index in [1.165, 1.54) is 16.3 Å².